The van der Waals surface area contributed by atoms with Crippen molar-refractivity contribution in [3.05, 3.63) is 70.3 Å². The minimum absolute atomic E-state index is 0.149. The smallest absolute Gasteiger partial charge is 0.0152 e. The third kappa shape index (κ3) is 2.84. The van der Waals surface area contributed by atoms with Crippen LogP contribution in [0, 0.1) is 0 Å². The van der Waals surface area contributed by atoms with Crippen LogP contribution in [0.3, 0.4) is 0 Å². The van der Waals surface area contributed by atoms with Crippen molar-refractivity contribution < 1.29 is 0 Å². The van der Waals surface area contributed by atoms with Crippen LogP contribution < -0.4 is 0 Å². The molecule has 2 aromatic rings. The Morgan fingerprint density at radius 2 is 1.48 bits per heavy atom. The Bertz CT molecular complexity index is 649. The van der Waals surface area contributed by atoms with Crippen molar-refractivity contribution in [3.8, 4) is 0 Å². The average Bonchev–Trinajstić information content (AvgIpc) is 2.63. The molecule has 4 rings (SSSR count). The van der Waals surface area contributed by atoms with Crippen LogP contribution in [0.1, 0.15) is 88.1 Å². The fourth-order valence-corrected chi connectivity index (χ4v) is 4.25. The summed E-state index contributed by atoms with van der Waals surface area (Å²) in [6, 6.07) is 16.0. The van der Waals surface area contributed by atoms with Gasteiger partial charge in [0, 0.05) is 11.3 Å². The fraction of sp³-hybridized carbons (Fsp3) is 0.478. The molecule has 23 heavy (non-hydrogen) atoms. The lowest BCUT2D eigenvalue weighted by Crippen LogP contribution is -2.31. The first-order valence-corrected chi connectivity index (χ1v) is 9.41. The Balaban J connectivity index is 0.000000448. The van der Waals surface area contributed by atoms with Gasteiger partial charge in [0.1, 0.15) is 0 Å². The molecule has 2 aromatic carbocycles. The second-order valence-corrected chi connectivity index (χ2v) is 6.54. The Kier molecular flexibility index (Phi) is 5.68. The van der Waals surface area contributed by atoms with Crippen LogP contribution in [-0.2, 0) is 11.8 Å². The Morgan fingerprint density at radius 1 is 0.826 bits per heavy atom. The molecule has 0 heterocycles. The number of hydrogen-bond donors (Lipinski definition) is 0. The van der Waals surface area contributed by atoms with Crippen molar-refractivity contribution in [1.29, 1.82) is 0 Å². The molecule has 0 saturated heterocycles. The lowest BCUT2D eigenvalue weighted by Gasteiger charge is -2.42. The molecule has 0 radical (unpaired) electrons. The molecule has 0 nitrogen and oxygen atoms in total. The molecule has 0 N–H and O–H groups in total. The van der Waals surface area contributed by atoms with Crippen LogP contribution >= 0.6 is 0 Å². The van der Waals surface area contributed by atoms with Gasteiger partial charge in [-0.25, -0.2) is 0 Å². The zero-order valence-electron chi connectivity index (χ0n) is 15.7. The number of fused-ring (bicyclic) bond motifs is 2. The molecular weight excluding hydrogens is 276 g/mol. The summed E-state index contributed by atoms with van der Waals surface area (Å²) >= 11 is 0. The lowest BCUT2D eigenvalue weighted by atomic mass is 9.61. The third-order valence-corrected chi connectivity index (χ3v) is 5.17. The monoisotopic (exact) mass is 308 g/mol. The van der Waals surface area contributed by atoms with E-state index in [1.165, 1.54) is 24.8 Å². The molecule has 0 bridgehead atoms. The van der Waals surface area contributed by atoms with Gasteiger partial charge in [-0.2, -0.15) is 0 Å². The Hall–Kier alpha value is -1.56. The number of hydrogen-bond acceptors (Lipinski definition) is 0. The molecule has 1 unspecified atom stereocenters. The molecule has 124 valence electrons. The molecule has 0 fully saturated rings. The second-order valence-electron chi connectivity index (χ2n) is 6.54. The van der Waals surface area contributed by atoms with Crippen molar-refractivity contribution in [2.45, 2.75) is 72.1 Å². The number of benzene rings is 2. The Morgan fingerprint density at radius 3 is 2.22 bits per heavy atom. The van der Waals surface area contributed by atoms with E-state index < -0.39 is 0 Å². The van der Waals surface area contributed by atoms with Gasteiger partial charge >= 0.3 is 0 Å². The van der Waals surface area contributed by atoms with Crippen LogP contribution in [-0.4, -0.2) is 0 Å². The predicted molar refractivity (Wildman–Crippen MR) is 102 cm³/mol. The van der Waals surface area contributed by atoms with Crippen LogP contribution in [0.5, 0.6) is 0 Å². The van der Waals surface area contributed by atoms with E-state index in [2.05, 4.69) is 56.3 Å². The largest absolute Gasteiger partial charge is 0.0683 e. The zero-order valence-corrected chi connectivity index (χ0v) is 15.7. The summed E-state index contributed by atoms with van der Waals surface area (Å²) in [5, 5.41) is 0. The van der Waals surface area contributed by atoms with Gasteiger partial charge in [-0.15, -0.1) is 0 Å². The molecular formula is C23H32. The van der Waals surface area contributed by atoms with E-state index in [4.69, 9.17) is 0 Å². The summed E-state index contributed by atoms with van der Waals surface area (Å²) in [4.78, 5) is 0. The van der Waals surface area contributed by atoms with Gasteiger partial charge in [0.15, 0.2) is 0 Å². The van der Waals surface area contributed by atoms with Gasteiger partial charge in [-0.1, -0.05) is 84.0 Å². The van der Waals surface area contributed by atoms with Crippen LogP contribution in [0.15, 0.2) is 42.5 Å². The van der Waals surface area contributed by atoms with Crippen LogP contribution in [0.4, 0.5) is 0 Å². The first-order valence-electron chi connectivity index (χ1n) is 9.41. The third-order valence-electron chi connectivity index (χ3n) is 5.17. The van der Waals surface area contributed by atoms with Gasteiger partial charge in [0.25, 0.3) is 0 Å². The predicted octanol–water partition coefficient (Wildman–Crippen LogP) is 6.85. The van der Waals surface area contributed by atoms with Crippen LogP contribution in [0.2, 0.25) is 0 Å². The highest BCUT2D eigenvalue weighted by Crippen LogP contribution is 2.51. The summed E-state index contributed by atoms with van der Waals surface area (Å²) in [7, 11) is 0. The van der Waals surface area contributed by atoms with E-state index >= 15 is 0 Å². The van der Waals surface area contributed by atoms with E-state index in [0.29, 0.717) is 5.92 Å². The number of aryl methyl sites for hydroxylation is 1. The molecule has 0 heteroatoms. The summed E-state index contributed by atoms with van der Waals surface area (Å²) < 4.78 is 0. The SMILES string of the molecule is CC.CC.CC1(C)c2ccccc2C2CCCc3cccc1c32. The zero-order chi connectivity index (χ0) is 17.0. The summed E-state index contributed by atoms with van der Waals surface area (Å²) in [5.41, 5.74) is 8.07. The number of rotatable bonds is 0. The van der Waals surface area contributed by atoms with Crippen molar-refractivity contribution in [2.75, 3.05) is 0 Å². The van der Waals surface area contributed by atoms with Crippen molar-refractivity contribution in [2.24, 2.45) is 0 Å². The van der Waals surface area contributed by atoms with E-state index in [0.717, 1.165) is 0 Å². The highest BCUT2D eigenvalue weighted by Gasteiger charge is 2.39. The van der Waals surface area contributed by atoms with E-state index in [-0.39, 0.29) is 5.41 Å². The van der Waals surface area contributed by atoms with Gasteiger partial charge in [-0.05, 0) is 47.1 Å². The quantitative estimate of drug-likeness (QED) is 0.499. The first-order chi connectivity index (χ1) is 11.2. The Labute approximate surface area is 143 Å². The molecule has 2 aliphatic rings. The van der Waals surface area contributed by atoms with Gasteiger partial charge in [-0.3, -0.25) is 0 Å². The standard InChI is InChI=1S/C19H20.2C2H6/c1-19(2)16-11-4-3-9-14(16)15-10-5-7-13-8-6-12-17(19)18(13)15;2*1-2/h3-4,6,8-9,11-12,15H,5,7,10H2,1-2H3;2*1-2H3. The van der Waals surface area contributed by atoms with Crippen molar-refractivity contribution in [1.82, 2.24) is 0 Å². The highest BCUT2D eigenvalue weighted by molar-refractivity contribution is 5.58. The van der Waals surface area contributed by atoms with Gasteiger partial charge < -0.3 is 0 Å². The fourth-order valence-electron chi connectivity index (χ4n) is 4.25. The van der Waals surface area contributed by atoms with Crippen LogP contribution in [0.25, 0.3) is 0 Å². The molecule has 2 aliphatic carbocycles. The van der Waals surface area contributed by atoms with Gasteiger partial charge in [0.2, 0.25) is 0 Å². The maximum atomic E-state index is 2.38. The van der Waals surface area contributed by atoms with E-state index in [1.807, 2.05) is 27.7 Å². The average molecular weight is 309 g/mol. The lowest BCUT2D eigenvalue weighted by molar-refractivity contribution is 0.530. The molecule has 1 atom stereocenters. The molecule has 0 amide bonds. The minimum Gasteiger partial charge on any atom is -0.0683 e. The maximum absolute atomic E-state index is 2.38. The molecule has 0 spiro atoms. The summed E-state index contributed by atoms with van der Waals surface area (Å²) in [5.74, 6) is 0.643. The topological polar surface area (TPSA) is 0 Å². The summed E-state index contributed by atoms with van der Waals surface area (Å²) in [6.07, 6.45) is 3.91. The van der Waals surface area contributed by atoms with Gasteiger partial charge in [0.05, 0.1) is 0 Å². The highest BCUT2D eigenvalue weighted by atomic mass is 14.4. The first kappa shape index (κ1) is 17.8. The maximum Gasteiger partial charge on any atom is 0.0152 e. The molecule has 0 aromatic heterocycles. The van der Waals surface area contributed by atoms with Crippen molar-refractivity contribution >= 4 is 0 Å². The van der Waals surface area contributed by atoms with Crippen molar-refractivity contribution in [3.63, 3.8) is 0 Å². The minimum atomic E-state index is 0.149. The molecule has 0 saturated carbocycles. The summed E-state index contributed by atoms with van der Waals surface area (Å²) in [6.45, 7) is 12.8. The normalized spacial score (nSPS) is 19.1. The second kappa shape index (κ2) is 7.34. The van der Waals surface area contributed by atoms with E-state index in [9.17, 15) is 0 Å². The van der Waals surface area contributed by atoms with E-state index in [1.54, 1.807) is 22.3 Å². The molecule has 0 aliphatic heterocycles.